The highest BCUT2D eigenvalue weighted by molar-refractivity contribution is 7.67. The van der Waals surface area contributed by atoms with Crippen molar-refractivity contribution < 1.29 is 17.3 Å². The van der Waals surface area contributed by atoms with E-state index in [1.807, 2.05) is 0 Å². The summed E-state index contributed by atoms with van der Waals surface area (Å²) in [6.07, 6.45) is -0.265. The van der Waals surface area contributed by atoms with Crippen LogP contribution in [0.2, 0.25) is 0 Å². The van der Waals surface area contributed by atoms with E-state index in [1.165, 1.54) is 0 Å². The first-order valence-electron chi connectivity index (χ1n) is 4.30. The predicted molar refractivity (Wildman–Crippen MR) is 48.1 cm³/mol. The van der Waals surface area contributed by atoms with E-state index in [1.54, 1.807) is 6.92 Å². The lowest BCUT2D eigenvalue weighted by Crippen LogP contribution is -2.40. The standard InChI is InChI=1S/C7H15NO4S/c1-7(12-13(9)10)6-8-2-4-11-5-3-8/h7,13H,2-6H2,1H3. The zero-order valence-electron chi connectivity index (χ0n) is 7.64. The molecular weight excluding hydrogens is 194 g/mol. The third kappa shape index (κ3) is 4.56. The summed E-state index contributed by atoms with van der Waals surface area (Å²) in [5.41, 5.74) is 0. The fraction of sp³-hybridized carbons (Fsp3) is 1.00. The van der Waals surface area contributed by atoms with E-state index in [0.717, 1.165) is 26.3 Å². The van der Waals surface area contributed by atoms with Gasteiger partial charge in [-0.3, -0.25) is 9.08 Å². The van der Waals surface area contributed by atoms with Crippen molar-refractivity contribution in [2.75, 3.05) is 32.8 Å². The van der Waals surface area contributed by atoms with Crippen LogP contribution in [0.1, 0.15) is 6.92 Å². The first-order valence-corrected chi connectivity index (χ1v) is 5.39. The van der Waals surface area contributed by atoms with Crippen LogP contribution in [0, 0.1) is 0 Å². The lowest BCUT2D eigenvalue weighted by molar-refractivity contribution is 0.0233. The van der Waals surface area contributed by atoms with Crippen molar-refractivity contribution in [1.82, 2.24) is 4.90 Å². The topological polar surface area (TPSA) is 55.8 Å². The predicted octanol–water partition coefficient (Wildman–Crippen LogP) is -0.750. The minimum atomic E-state index is -2.72. The van der Waals surface area contributed by atoms with Gasteiger partial charge in [-0.2, -0.15) is 0 Å². The highest BCUT2D eigenvalue weighted by Gasteiger charge is 2.14. The second kappa shape index (κ2) is 5.54. The van der Waals surface area contributed by atoms with E-state index in [4.69, 9.17) is 4.74 Å². The van der Waals surface area contributed by atoms with Crippen molar-refractivity contribution in [1.29, 1.82) is 0 Å². The quantitative estimate of drug-likeness (QED) is 0.617. The first-order chi connectivity index (χ1) is 6.18. The van der Waals surface area contributed by atoms with Gasteiger partial charge in [-0.05, 0) is 6.92 Å². The summed E-state index contributed by atoms with van der Waals surface area (Å²) >= 11 is 0. The summed E-state index contributed by atoms with van der Waals surface area (Å²) < 4.78 is 30.2. The van der Waals surface area contributed by atoms with Crippen LogP contribution in [0.25, 0.3) is 0 Å². The van der Waals surface area contributed by atoms with Crippen molar-refractivity contribution in [3.8, 4) is 0 Å². The van der Waals surface area contributed by atoms with E-state index in [9.17, 15) is 8.42 Å². The normalized spacial score (nSPS) is 22.0. The van der Waals surface area contributed by atoms with Crippen molar-refractivity contribution in [3.63, 3.8) is 0 Å². The molecule has 1 heterocycles. The fourth-order valence-electron chi connectivity index (χ4n) is 1.33. The van der Waals surface area contributed by atoms with E-state index in [2.05, 4.69) is 9.08 Å². The lowest BCUT2D eigenvalue weighted by Gasteiger charge is -2.28. The second-order valence-corrected chi connectivity index (χ2v) is 3.71. The van der Waals surface area contributed by atoms with E-state index in [0.29, 0.717) is 6.54 Å². The van der Waals surface area contributed by atoms with Gasteiger partial charge in [0.15, 0.2) is 0 Å². The summed E-state index contributed by atoms with van der Waals surface area (Å²) in [6.45, 7) is 5.53. The molecule has 0 saturated carbocycles. The molecule has 1 saturated heterocycles. The molecule has 0 N–H and O–H groups in total. The van der Waals surface area contributed by atoms with Crippen LogP contribution >= 0.6 is 0 Å². The van der Waals surface area contributed by atoms with Crippen LogP contribution < -0.4 is 0 Å². The number of morpholine rings is 1. The molecular formula is C7H15NO4S. The van der Waals surface area contributed by atoms with E-state index in [-0.39, 0.29) is 6.10 Å². The average Bonchev–Trinajstić information content (AvgIpc) is 2.04. The molecule has 13 heavy (non-hydrogen) atoms. The largest absolute Gasteiger partial charge is 0.379 e. The van der Waals surface area contributed by atoms with Crippen molar-refractivity contribution in [3.05, 3.63) is 0 Å². The Bertz CT molecular complexity index is 205. The zero-order valence-corrected chi connectivity index (χ0v) is 8.53. The Balaban J connectivity index is 2.21. The maximum Gasteiger partial charge on any atom is 0.257 e. The molecule has 0 bridgehead atoms. The van der Waals surface area contributed by atoms with Crippen LogP contribution in [0.3, 0.4) is 0 Å². The highest BCUT2D eigenvalue weighted by Crippen LogP contribution is 2.00. The third-order valence-electron chi connectivity index (χ3n) is 1.89. The molecule has 1 aliphatic heterocycles. The van der Waals surface area contributed by atoms with Gasteiger partial charge in [0, 0.05) is 19.6 Å². The van der Waals surface area contributed by atoms with Crippen LogP contribution in [-0.2, 0) is 19.9 Å². The number of rotatable bonds is 4. The lowest BCUT2D eigenvalue weighted by atomic mass is 10.3. The summed E-state index contributed by atoms with van der Waals surface area (Å²) in [5, 5.41) is 0. The molecule has 0 amide bonds. The average molecular weight is 209 g/mol. The highest BCUT2D eigenvalue weighted by atomic mass is 32.2. The number of ether oxygens (including phenoxy) is 1. The van der Waals surface area contributed by atoms with Gasteiger partial charge >= 0.3 is 0 Å². The Hall–Kier alpha value is -0.170. The van der Waals surface area contributed by atoms with Crippen molar-refractivity contribution in [2.45, 2.75) is 13.0 Å². The Labute approximate surface area is 79.8 Å². The van der Waals surface area contributed by atoms with Gasteiger partial charge in [0.05, 0.1) is 19.3 Å². The maximum absolute atomic E-state index is 10.2. The SMILES string of the molecule is CC(CN1CCOCC1)O[SH](=O)=O. The van der Waals surface area contributed by atoms with E-state index < -0.39 is 11.0 Å². The van der Waals surface area contributed by atoms with Crippen LogP contribution in [0.5, 0.6) is 0 Å². The molecule has 0 spiro atoms. The van der Waals surface area contributed by atoms with E-state index >= 15 is 0 Å². The van der Waals surface area contributed by atoms with Crippen molar-refractivity contribution in [2.24, 2.45) is 0 Å². The van der Waals surface area contributed by atoms with Gasteiger partial charge in [0.25, 0.3) is 11.0 Å². The van der Waals surface area contributed by atoms with Gasteiger partial charge in [-0.15, -0.1) is 0 Å². The maximum atomic E-state index is 10.2. The molecule has 1 atom stereocenters. The Morgan fingerprint density at radius 1 is 1.46 bits per heavy atom. The molecule has 6 heteroatoms. The Morgan fingerprint density at radius 3 is 2.62 bits per heavy atom. The molecule has 5 nitrogen and oxygen atoms in total. The summed E-state index contributed by atoms with van der Waals surface area (Å²) in [4.78, 5) is 2.13. The zero-order chi connectivity index (χ0) is 9.68. The number of hydrogen-bond donors (Lipinski definition) is 1. The molecule has 1 aliphatic rings. The Kier molecular flexibility index (Phi) is 4.65. The van der Waals surface area contributed by atoms with Gasteiger partial charge < -0.3 is 4.74 Å². The summed E-state index contributed by atoms with van der Waals surface area (Å²) in [7, 11) is -2.72. The molecule has 0 aromatic rings. The van der Waals surface area contributed by atoms with Crippen LogP contribution in [-0.4, -0.2) is 52.3 Å². The van der Waals surface area contributed by atoms with Crippen molar-refractivity contribution >= 4 is 11.0 Å². The number of nitrogens with zero attached hydrogens (tertiary/aromatic N) is 1. The van der Waals surface area contributed by atoms with Gasteiger partial charge in [-0.25, -0.2) is 8.42 Å². The number of hydrogen-bond acceptors (Lipinski definition) is 5. The molecule has 78 valence electrons. The minimum Gasteiger partial charge on any atom is -0.379 e. The number of thiol groups is 1. The molecule has 0 aromatic heterocycles. The second-order valence-electron chi connectivity index (χ2n) is 3.05. The van der Waals surface area contributed by atoms with Gasteiger partial charge in [0.2, 0.25) is 0 Å². The molecule has 1 fully saturated rings. The van der Waals surface area contributed by atoms with Crippen LogP contribution in [0.4, 0.5) is 0 Å². The first kappa shape index (κ1) is 10.9. The molecule has 1 unspecified atom stereocenters. The summed E-state index contributed by atoms with van der Waals surface area (Å²) in [5.74, 6) is 0. The fourth-order valence-corrected chi connectivity index (χ4v) is 1.69. The molecule has 0 aliphatic carbocycles. The molecule has 0 radical (unpaired) electrons. The van der Waals surface area contributed by atoms with Gasteiger partial charge in [-0.1, -0.05) is 0 Å². The molecule has 0 aromatic carbocycles. The third-order valence-corrected chi connectivity index (χ3v) is 2.42. The summed E-state index contributed by atoms with van der Waals surface area (Å²) in [6, 6.07) is 0. The monoisotopic (exact) mass is 209 g/mol. The molecule has 1 rings (SSSR count). The Morgan fingerprint density at radius 2 is 2.08 bits per heavy atom. The minimum absolute atomic E-state index is 0.265. The smallest absolute Gasteiger partial charge is 0.257 e. The van der Waals surface area contributed by atoms with Gasteiger partial charge in [0.1, 0.15) is 0 Å². The van der Waals surface area contributed by atoms with Crippen LogP contribution in [0.15, 0.2) is 0 Å².